The summed E-state index contributed by atoms with van der Waals surface area (Å²) in [5, 5.41) is 18.9. The molecule has 9 nitrogen and oxygen atoms in total. The predicted octanol–water partition coefficient (Wildman–Crippen LogP) is 2.54. The first-order valence-electron chi connectivity index (χ1n) is 11.6. The molecule has 1 saturated heterocycles. The van der Waals surface area contributed by atoms with Crippen LogP contribution in [0.2, 0.25) is 0 Å². The van der Waals surface area contributed by atoms with Crippen LogP contribution in [0.15, 0.2) is 36.7 Å². The second kappa shape index (κ2) is 8.90. The zero-order valence-corrected chi connectivity index (χ0v) is 19.6. The number of anilines is 2. The Labute approximate surface area is 193 Å². The first kappa shape index (κ1) is 22.1. The molecule has 1 aliphatic carbocycles. The number of sulfone groups is 1. The summed E-state index contributed by atoms with van der Waals surface area (Å²) in [5.41, 5.74) is 1.99. The largest absolute Gasteiger partial charge is 0.391 e. The molecule has 0 bridgehead atoms. The minimum absolute atomic E-state index is 0.0372. The zero-order valence-electron chi connectivity index (χ0n) is 18.8. The van der Waals surface area contributed by atoms with Crippen LogP contribution in [0.5, 0.6) is 0 Å². The normalized spacial score (nSPS) is 22.5. The molecule has 2 unspecified atom stereocenters. The van der Waals surface area contributed by atoms with Gasteiger partial charge in [-0.15, -0.1) is 0 Å². The minimum Gasteiger partial charge on any atom is -0.391 e. The van der Waals surface area contributed by atoms with Crippen molar-refractivity contribution in [2.75, 3.05) is 29.6 Å². The highest BCUT2D eigenvalue weighted by atomic mass is 32.2. The molecule has 2 aliphatic rings. The topological polar surface area (TPSA) is 113 Å². The van der Waals surface area contributed by atoms with Crippen molar-refractivity contribution in [3.05, 3.63) is 36.7 Å². The van der Waals surface area contributed by atoms with Crippen molar-refractivity contribution in [3.8, 4) is 5.82 Å². The lowest BCUT2D eigenvalue weighted by Crippen LogP contribution is -2.39. The number of piperidine rings is 1. The number of aromatic nitrogens is 4. The van der Waals surface area contributed by atoms with Gasteiger partial charge in [0.1, 0.15) is 9.84 Å². The van der Waals surface area contributed by atoms with Gasteiger partial charge in [0.25, 0.3) is 0 Å². The van der Waals surface area contributed by atoms with Crippen molar-refractivity contribution in [2.45, 2.75) is 55.9 Å². The van der Waals surface area contributed by atoms with E-state index in [-0.39, 0.29) is 17.4 Å². The molecule has 1 aromatic carbocycles. The number of benzene rings is 1. The van der Waals surface area contributed by atoms with Crippen LogP contribution in [0.3, 0.4) is 0 Å². The van der Waals surface area contributed by atoms with E-state index in [0.717, 1.165) is 42.3 Å². The SMILES string of the molecule is CS(=O)(=O)C1CCN(c2cccc3c2cnn3-c2ccnc(NC3CCCCC3O)n2)CC1. The molecule has 10 heteroatoms. The van der Waals surface area contributed by atoms with Gasteiger partial charge in [0.15, 0.2) is 5.82 Å². The maximum Gasteiger partial charge on any atom is 0.224 e. The van der Waals surface area contributed by atoms with E-state index in [1.54, 1.807) is 10.9 Å². The molecule has 2 atom stereocenters. The van der Waals surface area contributed by atoms with Crippen molar-refractivity contribution in [1.29, 1.82) is 0 Å². The van der Waals surface area contributed by atoms with Crippen LogP contribution < -0.4 is 10.2 Å². The van der Waals surface area contributed by atoms with Gasteiger partial charge in [-0.2, -0.15) is 10.1 Å². The second-order valence-corrected chi connectivity index (χ2v) is 11.4. The average molecular weight is 471 g/mol. The fourth-order valence-corrected chi connectivity index (χ4v) is 6.07. The van der Waals surface area contributed by atoms with E-state index in [0.29, 0.717) is 37.7 Å². The number of nitrogens with zero attached hydrogens (tertiary/aromatic N) is 5. The first-order chi connectivity index (χ1) is 15.9. The highest BCUT2D eigenvalue weighted by Crippen LogP contribution is 2.31. The van der Waals surface area contributed by atoms with Crippen LogP contribution in [0.1, 0.15) is 38.5 Å². The van der Waals surface area contributed by atoms with E-state index >= 15 is 0 Å². The van der Waals surface area contributed by atoms with Gasteiger partial charge >= 0.3 is 0 Å². The van der Waals surface area contributed by atoms with Crippen LogP contribution >= 0.6 is 0 Å². The van der Waals surface area contributed by atoms with Gasteiger partial charge in [-0.1, -0.05) is 18.9 Å². The molecule has 5 rings (SSSR count). The molecule has 2 N–H and O–H groups in total. The number of nitrogens with one attached hydrogen (secondary N) is 1. The Morgan fingerprint density at radius 2 is 1.88 bits per heavy atom. The van der Waals surface area contributed by atoms with Crippen LogP contribution in [0, 0.1) is 0 Å². The number of aliphatic hydroxyl groups excluding tert-OH is 1. The van der Waals surface area contributed by atoms with E-state index in [1.807, 2.05) is 24.4 Å². The van der Waals surface area contributed by atoms with Gasteiger partial charge in [0, 0.05) is 42.7 Å². The molecule has 1 aliphatic heterocycles. The summed E-state index contributed by atoms with van der Waals surface area (Å²) < 4.78 is 25.6. The van der Waals surface area contributed by atoms with Crippen LogP contribution in [-0.2, 0) is 9.84 Å². The average Bonchev–Trinajstić information content (AvgIpc) is 3.25. The van der Waals surface area contributed by atoms with E-state index < -0.39 is 9.84 Å². The fraction of sp³-hybridized carbons (Fsp3) is 0.522. The highest BCUT2D eigenvalue weighted by molar-refractivity contribution is 7.91. The number of aliphatic hydroxyl groups is 1. The standard InChI is InChI=1S/C23H30N6O3S/c1-33(31,32)16-10-13-28(14-11-16)19-6-4-7-20-17(19)15-25-29(20)22-9-12-24-23(27-22)26-18-5-2-3-8-21(18)30/h4,6-7,9,12,15-16,18,21,30H,2-3,5,8,10-11,13-14H2,1H3,(H,24,26,27). The second-order valence-electron chi connectivity index (χ2n) is 9.12. The lowest BCUT2D eigenvalue weighted by molar-refractivity contribution is 0.116. The van der Waals surface area contributed by atoms with Gasteiger partial charge in [0.05, 0.1) is 29.1 Å². The Kier molecular flexibility index (Phi) is 5.96. The number of fused-ring (bicyclic) bond motifs is 1. The lowest BCUT2D eigenvalue weighted by atomic mass is 9.93. The highest BCUT2D eigenvalue weighted by Gasteiger charge is 2.28. The Balaban J connectivity index is 1.40. The number of hydrogen-bond acceptors (Lipinski definition) is 8. The summed E-state index contributed by atoms with van der Waals surface area (Å²) in [7, 11) is -3.00. The van der Waals surface area contributed by atoms with Crippen molar-refractivity contribution in [3.63, 3.8) is 0 Å². The van der Waals surface area contributed by atoms with E-state index in [4.69, 9.17) is 0 Å². The van der Waals surface area contributed by atoms with E-state index in [9.17, 15) is 13.5 Å². The maximum atomic E-state index is 11.9. The lowest BCUT2D eigenvalue weighted by Gasteiger charge is -2.33. The first-order valence-corrected chi connectivity index (χ1v) is 13.5. The molecule has 33 heavy (non-hydrogen) atoms. The van der Waals surface area contributed by atoms with Crippen molar-refractivity contribution in [2.24, 2.45) is 0 Å². The Bertz CT molecular complexity index is 1240. The molecular weight excluding hydrogens is 440 g/mol. The Hall–Kier alpha value is -2.72. The van der Waals surface area contributed by atoms with E-state index in [2.05, 4.69) is 31.3 Å². The van der Waals surface area contributed by atoms with Crippen LogP contribution in [0.25, 0.3) is 16.7 Å². The molecule has 1 saturated carbocycles. The molecule has 0 amide bonds. The molecule has 3 heterocycles. The molecular formula is C23H30N6O3S. The van der Waals surface area contributed by atoms with Crippen molar-refractivity contribution in [1.82, 2.24) is 19.7 Å². The maximum absolute atomic E-state index is 11.9. The van der Waals surface area contributed by atoms with Crippen molar-refractivity contribution < 1.29 is 13.5 Å². The molecule has 2 fully saturated rings. The fourth-order valence-electron chi connectivity index (χ4n) is 5.00. The molecule has 0 spiro atoms. The monoisotopic (exact) mass is 470 g/mol. The predicted molar refractivity (Wildman–Crippen MR) is 129 cm³/mol. The third-order valence-corrected chi connectivity index (χ3v) is 8.56. The summed E-state index contributed by atoms with van der Waals surface area (Å²) in [5.74, 6) is 1.14. The van der Waals surface area contributed by atoms with Gasteiger partial charge in [-0.3, -0.25) is 0 Å². The zero-order chi connectivity index (χ0) is 23.0. The van der Waals surface area contributed by atoms with Crippen molar-refractivity contribution >= 4 is 32.4 Å². The molecule has 0 radical (unpaired) electrons. The van der Waals surface area contributed by atoms with Gasteiger partial charge < -0.3 is 15.3 Å². The summed E-state index contributed by atoms with van der Waals surface area (Å²) in [4.78, 5) is 11.2. The summed E-state index contributed by atoms with van der Waals surface area (Å²) in [6.45, 7) is 1.40. The summed E-state index contributed by atoms with van der Waals surface area (Å²) in [6, 6.07) is 7.85. The number of hydrogen-bond donors (Lipinski definition) is 2. The summed E-state index contributed by atoms with van der Waals surface area (Å²) >= 11 is 0. The molecule has 2 aromatic heterocycles. The number of rotatable bonds is 5. The third kappa shape index (κ3) is 4.54. The van der Waals surface area contributed by atoms with Gasteiger partial charge in [0.2, 0.25) is 5.95 Å². The van der Waals surface area contributed by atoms with Crippen LogP contribution in [0.4, 0.5) is 11.6 Å². The Morgan fingerprint density at radius 3 is 2.64 bits per heavy atom. The Morgan fingerprint density at radius 1 is 1.09 bits per heavy atom. The minimum atomic E-state index is -3.00. The van der Waals surface area contributed by atoms with Crippen LogP contribution in [-0.4, -0.2) is 70.0 Å². The quantitative estimate of drug-likeness (QED) is 0.585. The summed E-state index contributed by atoms with van der Waals surface area (Å²) in [6.07, 6.45) is 9.60. The third-order valence-electron chi connectivity index (χ3n) is 6.88. The molecule has 3 aromatic rings. The smallest absolute Gasteiger partial charge is 0.224 e. The molecule has 176 valence electrons. The van der Waals surface area contributed by atoms with E-state index in [1.165, 1.54) is 6.26 Å². The van der Waals surface area contributed by atoms with Gasteiger partial charge in [-0.25, -0.2) is 18.1 Å². The van der Waals surface area contributed by atoms with Gasteiger partial charge in [-0.05, 0) is 37.8 Å².